The van der Waals surface area contributed by atoms with E-state index in [0.717, 1.165) is 5.56 Å². The van der Waals surface area contributed by atoms with Gasteiger partial charge in [0.15, 0.2) is 5.96 Å². The van der Waals surface area contributed by atoms with Gasteiger partial charge >= 0.3 is 5.97 Å². The van der Waals surface area contributed by atoms with E-state index in [1.54, 1.807) is 24.3 Å². The molecule has 1 aromatic heterocycles. The fourth-order valence-corrected chi connectivity index (χ4v) is 4.57. The van der Waals surface area contributed by atoms with E-state index < -0.39 is 42.0 Å². The highest BCUT2D eigenvalue weighted by atomic mass is 16.4. The molecule has 14 heteroatoms. The maximum Gasteiger partial charge on any atom is 0.326 e. The number of carbonyl (C=O) groups excluding carboxylic acids is 3. The lowest BCUT2D eigenvalue weighted by atomic mass is 10.0. The quantitative estimate of drug-likeness (QED) is 0.0825. The summed E-state index contributed by atoms with van der Waals surface area (Å²) in [5.74, 6) is -2.80. The lowest BCUT2D eigenvalue weighted by Gasteiger charge is -2.28. The van der Waals surface area contributed by atoms with Crippen LogP contribution in [0.3, 0.4) is 0 Å². The first-order valence-corrected chi connectivity index (χ1v) is 13.1. The maximum absolute atomic E-state index is 13.4. The summed E-state index contributed by atoms with van der Waals surface area (Å²) in [7, 11) is 0. The number of aliphatic imine (C=N–C) groups is 1. The van der Waals surface area contributed by atoms with E-state index in [2.05, 4.69) is 25.6 Å². The molecule has 3 amide bonds. The number of rotatable bonds is 14. The molecule has 216 valence electrons. The molecule has 0 aliphatic carbocycles. The third-order valence-corrected chi connectivity index (χ3v) is 6.63. The van der Waals surface area contributed by atoms with Crippen molar-refractivity contribution in [1.29, 1.82) is 0 Å². The number of carboxylic acid groups (broad SMARTS) is 1. The second-order valence-corrected chi connectivity index (χ2v) is 9.68. The minimum Gasteiger partial charge on any atom is -0.480 e. The van der Waals surface area contributed by atoms with Gasteiger partial charge < -0.3 is 42.8 Å². The Bertz CT molecular complexity index is 1170. The van der Waals surface area contributed by atoms with Gasteiger partial charge in [-0.1, -0.05) is 30.3 Å². The Labute approximate surface area is 231 Å². The van der Waals surface area contributed by atoms with E-state index in [0.29, 0.717) is 44.5 Å². The molecule has 1 aliphatic heterocycles. The van der Waals surface area contributed by atoms with Crippen LogP contribution in [0.15, 0.2) is 47.8 Å². The molecule has 3 rings (SSSR count). The minimum absolute atomic E-state index is 0.0419. The van der Waals surface area contributed by atoms with Crippen LogP contribution in [0, 0.1) is 0 Å². The summed E-state index contributed by atoms with van der Waals surface area (Å²) in [4.78, 5) is 63.8. The molecule has 2 heterocycles. The van der Waals surface area contributed by atoms with Gasteiger partial charge in [-0.15, -0.1) is 0 Å². The Morgan fingerprint density at radius 3 is 2.52 bits per heavy atom. The average molecular weight is 556 g/mol. The van der Waals surface area contributed by atoms with Crippen LogP contribution in [0.25, 0.3) is 0 Å². The Hall–Kier alpha value is -4.46. The lowest BCUT2D eigenvalue weighted by molar-refractivity contribution is -0.143. The first-order valence-electron chi connectivity index (χ1n) is 13.1. The van der Waals surface area contributed by atoms with Gasteiger partial charge in [-0.3, -0.25) is 19.4 Å². The number of likely N-dealkylation sites (tertiary alicyclic amines) is 1. The van der Waals surface area contributed by atoms with Crippen LogP contribution >= 0.6 is 0 Å². The van der Waals surface area contributed by atoms with E-state index in [4.69, 9.17) is 17.2 Å². The number of hydrogen-bond donors (Lipinski definition) is 7. The van der Waals surface area contributed by atoms with Crippen LogP contribution < -0.4 is 27.8 Å². The van der Waals surface area contributed by atoms with Gasteiger partial charge in [-0.25, -0.2) is 9.78 Å². The number of nitrogens with two attached hydrogens (primary N) is 3. The molecule has 2 aromatic rings. The van der Waals surface area contributed by atoms with E-state index in [1.165, 1.54) is 17.4 Å². The summed E-state index contributed by atoms with van der Waals surface area (Å²) in [5.41, 5.74) is 18.0. The number of guanidine groups is 1. The van der Waals surface area contributed by atoms with Crippen molar-refractivity contribution in [3.63, 3.8) is 0 Å². The van der Waals surface area contributed by atoms with Crippen molar-refractivity contribution in [1.82, 2.24) is 25.5 Å². The van der Waals surface area contributed by atoms with Crippen molar-refractivity contribution in [3.05, 3.63) is 54.1 Å². The second-order valence-electron chi connectivity index (χ2n) is 9.68. The molecule has 1 aromatic carbocycles. The van der Waals surface area contributed by atoms with Crippen molar-refractivity contribution in [3.8, 4) is 0 Å². The minimum atomic E-state index is -1.21. The molecule has 1 fully saturated rings. The third-order valence-electron chi connectivity index (χ3n) is 6.63. The zero-order valence-electron chi connectivity index (χ0n) is 22.2. The number of nitrogens with zero attached hydrogens (tertiary/aromatic N) is 3. The highest BCUT2D eigenvalue weighted by Crippen LogP contribution is 2.20. The monoisotopic (exact) mass is 555 g/mol. The van der Waals surface area contributed by atoms with E-state index in [1.807, 2.05) is 6.07 Å². The highest BCUT2D eigenvalue weighted by molar-refractivity contribution is 5.94. The largest absolute Gasteiger partial charge is 0.480 e. The molecule has 4 atom stereocenters. The second kappa shape index (κ2) is 14.6. The zero-order valence-corrected chi connectivity index (χ0v) is 22.2. The first-order chi connectivity index (χ1) is 19.2. The molecule has 0 bridgehead atoms. The van der Waals surface area contributed by atoms with Gasteiger partial charge in [0.2, 0.25) is 17.7 Å². The molecule has 1 aliphatic rings. The molecule has 1 saturated heterocycles. The van der Waals surface area contributed by atoms with Crippen molar-refractivity contribution in [2.75, 3.05) is 13.1 Å². The average Bonchev–Trinajstić information content (AvgIpc) is 3.62. The van der Waals surface area contributed by atoms with Gasteiger partial charge in [-0.2, -0.15) is 0 Å². The van der Waals surface area contributed by atoms with Crippen molar-refractivity contribution >= 4 is 29.7 Å². The molecule has 10 N–H and O–H groups in total. The predicted octanol–water partition coefficient (Wildman–Crippen LogP) is -1.38. The highest BCUT2D eigenvalue weighted by Gasteiger charge is 2.38. The molecule has 14 nitrogen and oxygen atoms in total. The summed E-state index contributed by atoms with van der Waals surface area (Å²) in [6.07, 6.45) is 4.89. The Kier molecular flexibility index (Phi) is 11.0. The molecule has 40 heavy (non-hydrogen) atoms. The topological polar surface area (TPSA) is 235 Å². The smallest absolute Gasteiger partial charge is 0.326 e. The number of benzene rings is 1. The number of aromatic nitrogens is 2. The maximum atomic E-state index is 13.4. The van der Waals surface area contributed by atoms with Gasteiger partial charge in [0.25, 0.3) is 0 Å². The molecular formula is C26H37N9O5. The summed E-state index contributed by atoms with van der Waals surface area (Å²) in [6.45, 7) is 0.688. The van der Waals surface area contributed by atoms with Crippen LogP contribution in [-0.4, -0.2) is 86.9 Å². The fourth-order valence-electron chi connectivity index (χ4n) is 4.57. The lowest BCUT2D eigenvalue weighted by Crippen LogP contribution is -2.57. The number of carbonyl (C=O) groups is 4. The van der Waals surface area contributed by atoms with E-state index in [-0.39, 0.29) is 24.7 Å². The molecule has 0 radical (unpaired) electrons. The molecule has 0 saturated carbocycles. The van der Waals surface area contributed by atoms with Crippen LogP contribution in [0.4, 0.5) is 0 Å². The summed E-state index contributed by atoms with van der Waals surface area (Å²) in [6, 6.07) is 4.93. The normalized spacial score (nSPS) is 16.9. The SMILES string of the molecule is NC(N)=NCCCC(N)C(=O)N1CCCC1C(=O)NC(Cc1cnc[nH]1)C(=O)NC(Cc1ccccc1)C(=O)O. The van der Waals surface area contributed by atoms with Crippen molar-refractivity contribution < 1.29 is 24.3 Å². The predicted molar refractivity (Wildman–Crippen MR) is 147 cm³/mol. The summed E-state index contributed by atoms with van der Waals surface area (Å²) in [5, 5.41) is 15.0. The standard InChI is InChI=1S/C26H37N9O5/c27-18(8-4-10-31-26(28)29)24(38)35-11-5-9-21(35)23(37)33-19(13-17-14-30-15-32-17)22(36)34-20(25(39)40)12-16-6-2-1-3-7-16/h1-3,6-7,14-15,18-21H,4-5,8-13,27H2,(H,30,32)(H,33,37)(H,34,36)(H,39,40)(H4,28,29,31). The number of carboxylic acids is 1. The Morgan fingerprint density at radius 2 is 1.88 bits per heavy atom. The third kappa shape index (κ3) is 8.80. The van der Waals surface area contributed by atoms with E-state index in [9.17, 15) is 24.3 Å². The number of amides is 3. The van der Waals surface area contributed by atoms with Gasteiger partial charge in [0, 0.05) is 37.8 Å². The number of hydrogen-bond acceptors (Lipinski definition) is 7. The van der Waals surface area contributed by atoms with Crippen LogP contribution in [0.5, 0.6) is 0 Å². The zero-order chi connectivity index (χ0) is 29.1. The number of aromatic amines is 1. The van der Waals surface area contributed by atoms with Crippen molar-refractivity contribution in [2.24, 2.45) is 22.2 Å². The Balaban J connectivity index is 1.68. The number of aliphatic carboxylic acids is 1. The summed E-state index contributed by atoms with van der Waals surface area (Å²) >= 11 is 0. The number of H-pyrrole nitrogens is 1. The fraction of sp³-hybridized carbons (Fsp3) is 0.462. The first kappa shape index (κ1) is 30.1. The number of nitrogens with one attached hydrogen (secondary N) is 3. The van der Waals surface area contributed by atoms with Crippen molar-refractivity contribution in [2.45, 2.75) is 62.7 Å². The van der Waals surface area contributed by atoms with Crippen LogP contribution in [0.1, 0.15) is 36.9 Å². The molecular weight excluding hydrogens is 518 g/mol. The van der Waals surface area contributed by atoms with Gasteiger partial charge in [0.05, 0.1) is 12.4 Å². The van der Waals surface area contributed by atoms with Gasteiger partial charge in [-0.05, 0) is 31.2 Å². The molecule has 4 unspecified atom stereocenters. The van der Waals surface area contributed by atoms with Gasteiger partial charge in [0.1, 0.15) is 18.1 Å². The molecule has 0 spiro atoms. The van der Waals surface area contributed by atoms with E-state index >= 15 is 0 Å². The summed E-state index contributed by atoms with van der Waals surface area (Å²) < 4.78 is 0. The van der Waals surface area contributed by atoms with Crippen LogP contribution in [-0.2, 0) is 32.0 Å². The Morgan fingerprint density at radius 1 is 1.12 bits per heavy atom. The van der Waals surface area contributed by atoms with Crippen LogP contribution in [0.2, 0.25) is 0 Å². The number of imidazole rings is 1.